The van der Waals surface area contributed by atoms with Gasteiger partial charge in [-0.2, -0.15) is 0 Å². The van der Waals surface area contributed by atoms with Crippen molar-refractivity contribution in [3.8, 4) is 0 Å². The quantitative estimate of drug-likeness (QED) is 0.857. The van der Waals surface area contributed by atoms with Crippen LogP contribution in [0.4, 0.5) is 0 Å². The molecule has 28 heavy (non-hydrogen) atoms. The van der Waals surface area contributed by atoms with E-state index in [1.165, 1.54) is 5.56 Å². The molecule has 0 spiro atoms. The van der Waals surface area contributed by atoms with E-state index in [9.17, 15) is 5.11 Å². The number of piperidine rings is 1. The first-order valence-electron chi connectivity index (χ1n) is 10.5. The number of nitrogens with zero attached hydrogens (tertiary/aromatic N) is 4. The van der Waals surface area contributed by atoms with E-state index in [1.807, 2.05) is 36.7 Å². The smallest absolute Gasteiger partial charge is 0.108 e. The van der Waals surface area contributed by atoms with Gasteiger partial charge >= 0.3 is 0 Å². The average molecular weight is 381 g/mol. The summed E-state index contributed by atoms with van der Waals surface area (Å²) in [6.07, 6.45) is 5.57. The number of aliphatic hydroxyl groups is 1. The van der Waals surface area contributed by atoms with Crippen LogP contribution in [0.5, 0.6) is 0 Å². The van der Waals surface area contributed by atoms with Crippen molar-refractivity contribution in [2.75, 3.05) is 52.9 Å². The van der Waals surface area contributed by atoms with Crippen molar-refractivity contribution in [1.82, 2.24) is 19.7 Å². The van der Waals surface area contributed by atoms with Gasteiger partial charge in [-0.1, -0.05) is 36.4 Å². The zero-order valence-electron chi connectivity index (χ0n) is 16.9. The van der Waals surface area contributed by atoms with Gasteiger partial charge < -0.3 is 14.9 Å². The highest BCUT2D eigenvalue weighted by Crippen LogP contribution is 2.36. The summed E-state index contributed by atoms with van der Waals surface area (Å²) >= 11 is 0. The third-order valence-corrected chi connectivity index (χ3v) is 6.48. The summed E-state index contributed by atoms with van der Waals surface area (Å²) in [6.45, 7) is 7.03. The van der Waals surface area contributed by atoms with E-state index in [0.29, 0.717) is 0 Å². The lowest BCUT2D eigenvalue weighted by Gasteiger charge is -2.51. The molecule has 0 unspecified atom stereocenters. The molecular formula is C23H32N4O. The molecule has 1 aromatic heterocycles. The van der Waals surface area contributed by atoms with Gasteiger partial charge in [-0.05, 0) is 37.1 Å². The van der Waals surface area contributed by atoms with Crippen LogP contribution in [-0.2, 0) is 12.0 Å². The summed E-state index contributed by atoms with van der Waals surface area (Å²) in [6, 6.07) is 14.6. The first-order chi connectivity index (χ1) is 13.6. The molecule has 0 radical (unpaired) electrons. The van der Waals surface area contributed by atoms with E-state index < -0.39 is 5.60 Å². The highest BCUT2D eigenvalue weighted by Gasteiger charge is 2.45. The molecule has 0 bridgehead atoms. The van der Waals surface area contributed by atoms with Gasteiger partial charge in [0.05, 0.1) is 6.04 Å². The molecule has 2 saturated heterocycles. The van der Waals surface area contributed by atoms with Crippen LogP contribution in [0.2, 0.25) is 0 Å². The number of rotatable bonds is 5. The van der Waals surface area contributed by atoms with Gasteiger partial charge in [0.15, 0.2) is 0 Å². The predicted molar refractivity (Wildman–Crippen MR) is 112 cm³/mol. The Labute approximate surface area is 168 Å². The zero-order valence-corrected chi connectivity index (χ0v) is 16.9. The zero-order chi connectivity index (χ0) is 19.4. The van der Waals surface area contributed by atoms with Gasteiger partial charge in [-0.3, -0.25) is 9.88 Å². The topological polar surface area (TPSA) is 42.8 Å². The third-order valence-electron chi connectivity index (χ3n) is 6.48. The van der Waals surface area contributed by atoms with Crippen molar-refractivity contribution < 1.29 is 5.11 Å². The summed E-state index contributed by atoms with van der Waals surface area (Å²) in [5.41, 5.74) is 1.57. The van der Waals surface area contributed by atoms with Gasteiger partial charge in [-0.25, -0.2) is 0 Å². The standard InChI is InChI=1S/C23H32N4O/c1-25-14-16-27(17-15-25)22-19-26(12-9-20-6-5-11-24-18-20)13-10-23(22,28)21-7-3-2-4-8-21/h2-8,11,18,22,28H,9-10,12-17,19H2,1H3/t22-,23+/m1/s1. The van der Waals surface area contributed by atoms with Crippen molar-refractivity contribution in [3.63, 3.8) is 0 Å². The van der Waals surface area contributed by atoms with Crippen LogP contribution in [0.15, 0.2) is 54.9 Å². The Hall–Kier alpha value is -1.79. The van der Waals surface area contributed by atoms with E-state index in [0.717, 1.165) is 64.2 Å². The minimum atomic E-state index is -0.776. The van der Waals surface area contributed by atoms with Crippen LogP contribution >= 0.6 is 0 Å². The molecule has 3 heterocycles. The Morgan fingerprint density at radius 1 is 1.04 bits per heavy atom. The van der Waals surface area contributed by atoms with E-state index in [4.69, 9.17) is 0 Å². The second-order valence-corrected chi connectivity index (χ2v) is 8.31. The summed E-state index contributed by atoms with van der Waals surface area (Å²) < 4.78 is 0. The summed E-state index contributed by atoms with van der Waals surface area (Å²) in [5, 5.41) is 11.8. The number of hydrogen-bond acceptors (Lipinski definition) is 5. The van der Waals surface area contributed by atoms with Crippen molar-refractivity contribution in [2.45, 2.75) is 24.5 Å². The normalized spacial score (nSPS) is 27.7. The minimum Gasteiger partial charge on any atom is -0.383 e. The molecule has 2 aliphatic rings. The third kappa shape index (κ3) is 4.28. The molecule has 5 heteroatoms. The van der Waals surface area contributed by atoms with Gasteiger partial charge in [0.2, 0.25) is 0 Å². The fraction of sp³-hybridized carbons (Fsp3) is 0.522. The molecule has 0 aliphatic carbocycles. The number of aromatic nitrogens is 1. The van der Waals surface area contributed by atoms with E-state index in [2.05, 4.69) is 44.9 Å². The monoisotopic (exact) mass is 380 g/mol. The van der Waals surface area contributed by atoms with Gasteiger partial charge in [0, 0.05) is 58.2 Å². The Morgan fingerprint density at radius 2 is 1.82 bits per heavy atom. The SMILES string of the molecule is CN1CCN([C@@H]2CN(CCc3cccnc3)CC[C@]2(O)c2ccccc2)CC1. The van der Waals surface area contributed by atoms with Gasteiger partial charge in [-0.15, -0.1) is 0 Å². The largest absolute Gasteiger partial charge is 0.383 e. The number of likely N-dealkylation sites (tertiary alicyclic amines) is 1. The Bertz CT molecular complexity index is 733. The Kier molecular flexibility index (Phi) is 6.07. The van der Waals surface area contributed by atoms with Crippen LogP contribution in [0, 0.1) is 0 Å². The summed E-state index contributed by atoms with van der Waals surface area (Å²) in [7, 11) is 2.18. The van der Waals surface area contributed by atoms with Crippen molar-refractivity contribution in [3.05, 3.63) is 66.0 Å². The number of piperazine rings is 1. The maximum absolute atomic E-state index is 11.8. The number of hydrogen-bond donors (Lipinski definition) is 1. The van der Waals surface area contributed by atoms with E-state index in [-0.39, 0.29) is 6.04 Å². The molecule has 0 amide bonds. The van der Waals surface area contributed by atoms with Crippen LogP contribution in [0.1, 0.15) is 17.5 Å². The molecule has 4 rings (SSSR count). The van der Waals surface area contributed by atoms with E-state index in [1.54, 1.807) is 0 Å². The maximum atomic E-state index is 11.8. The molecular weight excluding hydrogens is 348 g/mol. The van der Waals surface area contributed by atoms with Crippen LogP contribution < -0.4 is 0 Å². The fourth-order valence-electron chi connectivity index (χ4n) is 4.63. The van der Waals surface area contributed by atoms with Gasteiger partial charge in [0.1, 0.15) is 5.60 Å². The van der Waals surface area contributed by atoms with Crippen molar-refractivity contribution in [2.24, 2.45) is 0 Å². The van der Waals surface area contributed by atoms with Crippen LogP contribution in [-0.4, -0.2) is 83.7 Å². The van der Waals surface area contributed by atoms with Crippen molar-refractivity contribution in [1.29, 1.82) is 0 Å². The Balaban J connectivity index is 1.50. The highest BCUT2D eigenvalue weighted by molar-refractivity contribution is 5.26. The molecule has 1 aromatic carbocycles. The predicted octanol–water partition coefficient (Wildman–Crippen LogP) is 1.83. The lowest BCUT2D eigenvalue weighted by atomic mass is 9.79. The van der Waals surface area contributed by atoms with E-state index >= 15 is 0 Å². The average Bonchev–Trinajstić information content (AvgIpc) is 2.75. The fourth-order valence-corrected chi connectivity index (χ4v) is 4.63. The number of benzene rings is 1. The molecule has 2 aromatic rings. The molecule has 2 fully saturated rings. The van der Waals surface area contributed by atoms with Gasteiger partial charge in [0.25, 0.3) is 0 Å². The lowest BCUT2D eigenvalue weighted by molar-refractivity contribution is -0.107. The highest BCUT2D eigenvalue weighted by atomic mass is 16.3. The molecule has 2 aliphatic heterocycles. The second kappa shape index (κ2) is 8.70. The Morgan fingerprint density at radius 3 is 2.54 bits per heavy atom. The molecule has 5 nitrogen and oxygen atoms in total. The summed E-state index contributed by atoms with van der Waals surface area (Å²) in [5.74, 6) is 0. The molecule has 150 valence electrons. The number of likely N-dealkylation sites (N-methyl/N-ethyl adjacent to an activating group) is 1. The van der Waals surface area contributed by atoms with Crippen LogP contribution in [0.3, 0.4) is 0 Å². The minimum absolute atomic E-state index is 0.131. The number of pyridine rings is 1. The first kappa shape index (κ1) is 19.5. The first-order valence-corrected chi connectivity index (χ1v) is 10.5. The lowest BCUT2D eigenvalue weighted by Crippen LogP contribution is -2.63. The van der Waals surface area contributed by atoms with Crippen molar-refractivity contribution >= 4 is 0 Å². The molecule has 2 atom stereocenters. The second-order valence-electron chi connectivity index (χ2n) is 8.31. The summed E-state index contributed by atoms with van der Waals surface area (Å²) in [4.78, 5) is 11.6. The molecule has 1 N–H and O–H groups in total. The maximum Gasteiger partial charge on any atom is 0.108 e. The van der Waals surface area contributed by atoms with Crippen LogP contribution in [0.25, 0.3) is 0 Å². The molecule has 0 saturated carbocycles.